The molecule has 2 aromatic rings. The molecule has 0 radical (unpaired) electrons. The van der Waals surface area contributed by atoms with Crippen LogP contribution in [0, 0.1) is 5.92 Å². The van der Waals surface area contributed by atoms with Gasteiger partial charge in [0, 0.05) is 25.5 Å². The first-order valence-electron chi connectivity index (χ1n) is 9.64. The van der Waals surface area contributed by atoms with Gasteiger partial charge in [-0.25, -0.2) is 4.98 Å². The van der Waals surface area contributed by atoms with Crippen LogP contribution in [-0.2, 0) is 25.5 Å². The van der Waals surface area contributed by atoms with E-state index in [0.717, 1.165) is 17.8 Å². The Kier molecular flexibility index (Phi) is 7.03. The summed E-state index contributed by atoms with van der Waals surface area (Å²) < 4.78 is 10.4. The largest absolute Gasteiger partial charge is 0.466 e. The van der Waals surface area contributed by atoms with Crippen molar-refractivity contribution in [3.63, 3.8) is 0 Å². The quantitative estimate of drug-likeness (QED) is 0.639. The summed E-state index contributed by atoms with van der Waals surface area (Å²) >= 11 is 1.41. The minimum atomic E-state index is -0.288. The van der Waals surface area contributed by atoms with E-state index in [9.17, 15) is 14.4 Å². The van der Waals surface area contributed by atoms with Gasteiger partial charge in [0.25, 0.3) is 0 Å². The van der Waals surface area contributed by atoms with Crippen molar-refractivity contribution < 1.29 is 23.5 Å². The number of ether oxygens (including phenoxy) is 1. The second kappa shape index (κ2) is 9.69. The van der Waals surface area contributed by atoms with Crippen LogP contribution in [0.3, 0.4) is 0 Å². The van der Waals surface area contributed by atoms with E-state index in [-0.39, 0.29) is 36.7 Å². The zero-order valence-corrected chi connectivity index (χ0v) is 17.4. The van der Waals surface area contributed by atoms with E-state index in [1.54, 1.807) is 31.2 Å². The molecule has 1 atom stereocenters. The summed E-state index contributed by atoms with van der Waals surface area (Å²) in [6.07, 6.45) is 3.17. The second-order valence-electron chi connectivity index (χ2n) is 6.98. The maximum atomic E-state index is 12.6. The average Bonchev–Trinajstić information content (AvgIpc) is 3.40. The van der Waals surface area contributed by atoms with Gasteiger partial charge in [0.15, 0.2) is 10.8 Å². The number of likely N-dealkylation sites (tertiary alicyclic amines) is 1. The van der Waals surface area contributed by atoms with Crippen LogP contribution in [-0.4, -0.2) is 65.9 Å². The molecule has 9 heteroatoms. The first-order valence-corrected chi connectivity index (χ1v) is 10.5. The van der Waals surface area contributed by atoms with E-state index >= 15 is 0 Å². The monoisotopic (exact) mass is 419 g/mol. The lowest BCUT2D eigenvalue weighted by Gasteiger charge is -2.32. The van der Waals surface area contributed by atoms with Gasteiger partial charge in [-0.15, -0.1) is 11.3 Å². The number of piperidine rings is 1. The number of hydrogen-bond donors (Lipinski definition) is 0. The minimum Gasteiger partial charge on any atom is -0.466 e. The fourth-order valence-corrected chi connectivity index (χ4v) is 4.02. The zero-order chi connectivity index (χ0) is 20.8. The molecular weight excluding hydrogens is 394 g/mol. The van der Waals surface area contributed by atoms with E-state index in [0.29, 0.717) is 31.2 Å². The van der Waals surface area contributed by atoms with Gasteiger partial charge in [-0.3, -0.25) is 14.4 Å². The van der Waals surface area contributed by atoms with Crippen LogP contribution in [0.1, 0.15) is 25.5 Å². The van der Waals surface area contributed by atoms with E-state index < -0.39 is 0 Å². The minimum absolute atomic E-state index is 0.0242. The highest BCUT2D eigenvalue weighted by molar-refractivity contribution is 7.13. The molecule has 3 heterocycles. The summed E-state index contributed by atoms with van der Waals surface area (Å²) in [5, 5.41) is 2.54. The SMILES string of the molecule is CCOC(=O)C1CCCN(C(=O)CN(C)C(=O)Cc2csc(-c3ccco3)n2)C1. The molecule has 1 fully saturated rings. The Labute approximate surface area is 173 Å². The fraction of sp³-hybridized carbons (Fsp3) is 0.500. The number of carbonyl (C=O) groups excluding carboxylic acids is 3. The molecule has 0 N–H and O–H groups in total. The molecule has 1 aliphatic heterocycles. The third-order valence-electron chi connectivity index (χ3n) is 4.81. The number of aromatic nitrogens is 1. The number of likely N-dealkylation sites (N-methyl/N-ethyl adjacent to an activating group) is 1. The summed E-state index contributed by atoms with van der Waals surface area (Å²) in [7, 11) is 1.60. The highest BCUT2D eigenvalue weighted by Gasteiger charge is 2.30. The summed E-state index contributed by atoms with van der Waals surface area (Å²) in [6, 6.07) is 3.60. The lowest BCUT2D eigenvalue weighted by Crippen LogP contribution is -2.47. The summed E-state index contributed by atoms with van der Waals surface area (Å²) in [4.78, 5) is 44.5. The smallest absolute Gasteiger partial charge is 0.310 e. The molecule has 0 saturated carbocycles. The van der Waals surface area contributed by atoms with E-state index in [1.165, 1.54) is 16.2 Å². The summed E-state index contributed by atoms with van der Waals surface area (Å²) in [5.41, 5.74) is 0.644. The van der Waals surface area contributed by atoms with Gasteiger partial charge in [-0.1, -0.05) is 0 Å². The first-order chi connectivity index (χ1) is 14.0. The van der Waals surface area contributed by atoms with Crippen molar-refractivity contribution in [2.75, 3.05) is 33.3 Å². The molecule has 3 rings (SSSR count). The van der Waals surface area contributed by atoms with Gasteiger partial charge in [-0.2, -0.15) is 0 Å². The number of nitrogens with zero attached hydrogens (tertiary/aromatic N) is 3. The predicted octanol–water partition coefficient (Wildman–Crippen LogP) is 2.21. The Morgan fingerprint density at radius 3 is 2.97 bits per heavy atom. The molecular formula is C20H25N3O5S. The first kappa shape index (κ1) is 21.0. The molecule has 1 unspecified atom stereocenters. The Morgan fingerprint density at radius 1 is 1.41 bits per heavy atom. The summed E-state index contributed by atoms with van der Waals surface area (Å²) in [5.74, 6) is -0.231. The number of thiazole rings is 1. The lowest BCUT2D eigenvalue weighted by atomic mass is 9.98. The van der Waals surface area contributed by atoms with Crippen molar-refractivity contribution in [3.05, 3.63) is 29.5 Å². The molecule has 2 amide bonds. The van der Waals surface area contributed by atoms with Crippen LogP contribution in [0.4, 0.5) is 0 Å². The van der Waals surface area contributed by atoms with Crippen LogP contribution < -0.4 is 0 Å². The van der Waals surface area contributed by atoms with Gasteiger partial charge in [-0.05, 0) is 31.9 Å². The topological polar surface area (TPSA) is 93.0 Å². The Balaban J connectivity index is 1.51. The van der Waals surface area contributed by atoms with Gasteiger partial charge in [0.1, 0.15) is 0 Å². The van der Waals surface area contributed by atoms with Crippen molar-refractivity contribution in [2.24, 2.45) is 5.92 Å². The highest BCUT2D eigenvalue weighted by atomic mass is 32.1. The summed E-state index contributed by atoms with van der Waals surface area (Å²) in [6.45, 7) is 3.01. The molecule has 156 valence electrons. The van der Waals surface area contributed by atoms with Gasteiger partial charge >= 0.3 is 5.97 Å². The standard InChI is InChI=1S/C20H25N3O5S/c1-3-27-20(26)14-6-4-8-23(11-14)18(25)12-22(2)17(24)10-15-13-29-19(21-15)16-7-5-9-28-16/h5,7,9,13-14H,3-4,6,8,10-12H2,1-2H3. The fourth-order valence-electron chi connectivity index (χ4n) is 3.24. The molecule has 2 aromatic heterocycles. The number of esters is 1. The van der Waals surface area contributed by atoms with Crippen molar-refractivity contribution in [1.82, 2.24) is 14.8 Å². The number of furan rings is 1. The normalized spacial score (nSPS) is 16.5. The number of amides is 2. The van der Waals surface area contributed by atoms with Crippen LogP contribution in [0.2, 0.25) is 0 Å². The third kappa shape index (κ3) is 5.44. The van der Waals surface area contributed by atoms with E-state index in [1.807, 2.05) is 11.4 Å². The predicted molar refractivity (Wildman–Crippen MR) is 107 cm³/mol. The van der Waals surface area contributed by atoms with Gasteiger partial charge in [0.05, 0.1) is 37.4 Å². The van der Waals surface area contributed by atoms with Crippen molar-refractivity contribution in [2.45, 2.75) is 26.2 Å². The van der Waals surface area contributed by atoms with E-state index in [2.05, 4.69) is 4.98 Å². The number of carbonyl (C=O) groups is 3. The van der Waals surface area contributed by atoms with E-state index in [4.69, 9.17) is 9.15 Å². The van der Waals surface area contributed by atoms with Crippen LogP contribution in [0.15, 0.2) is 28.2 Å². The lowest BCUT2D eigenvalue weighted by molar-refractivity contribution is -0.152. The number of hydrogen-bond acceptors (Lipinski definition) is 7. The molecule has 29 heavy (non-hydrogen) atoms. The average molecular weight is 420 g/mol. The molecule has 0 aromatic carbocycles. The highest BCUT2D eigenvalue weighted by Crippen LogP contribution is 2.24. The van der Waals surface area contributed by atoms with Crippen LogP contribution in [0.5, 0.6) is 0 Å². The Bertz CT molecular complexity index is 848. The molecule has 0 bridgehead atoms. The Morgan fingerprint density at radius 2 is 2.24 bits per heavy atom. The van der Waals surface area contributed by atoms with Gasteiger partial charge < -0.3 is 19.0 Å². The Hall–Kier alpha value is -2.68. The molecule has 8 nitrogen and oxygen atoms in total. The van der Waals surface area contributed by atoms with Crippen molar-refractivity contribution in [3.8, 4) is 10.8 Å². The maximum absolute atomic E-state index is 12.6. The maximum Gasteiger partial charge on any atom is 0.310 e. The van der Waals surface area contributed by atoms with Crippen LogP contribution >= 0.6 is 11.3 Å². The van der Waals surface area contributed by atoms with Crippen LogP contribution in [0.25, 0.3) is 10.8 Å². The van der Waals surface area contributed by atoms with Crippen molar-refractivity contribution in [1.29, 1.82) is 0 Å². The zero-order valence-electron chi connectivity index (χ0n) is 16.6. The molecule has 0 spiro atoms. The van der Waals surface area contributed by atoms with Crippen molar-refractivity contribution >= 4 is 29.1 Å². The second-order valence-corrected chi connectivity index (χ2v) is 7.84. The molecule has 1 saturated heterocycles. The van der Waals surface area contributed by atoms with Gasteiger partial charge in [0.2, 0.25) is 11.8 Å². The molecule has 1 aliphatic rings. The number of rotatable bonds is 7. The third-order valence-corrected chi connectivity index (χ3v) is 5.71. The molecule has 0 aliphatic carbocycles.